The van der Waals surface area contributed by atoms with E-state index >= 15 is 0 Å². The van der Waals surface area contributed by atoms with Crippen LogP contribution in [0, 0.1) is 5.92 Å². The van der Waals surface area contributed by atoms with Crippen LogP contribution in [0.4, 0.5) is 0 Å². The van der Waals surface area contributed by atoms with Crippen LogP contribution in [0.2, 0.25) is 0 Å². The molecule has 2 atom stereocenters. The molecule has 1 aliphatic heterocycles. The van der Waals surface area contributed by atoms with Gasteiger partial charge in [0, 0.05) is 6.42 Å². The first-order chi connectivity index (χ1) is 8.42. The van der Waals surface area contributed by atoms with E-state index in [1.54, 1.807) is 20.8 Å². The fraction of sp³-hybridized carbons (Fsp3) is 0.667. The van der Waals surface area contributed by atoms with Crippen LogP contribution >= 0.6 is 0 Å². The fourth-order valence-electron chi connectivity index (χ4n) is 1.69. The highest BCUT2D eigenvalue weighted by Gasteiger charge is 2.46. The standard InChI is InChI=1S/C12H18O6/c1-4-16-10(13)9-6-8(3)7-12(15,18-9)11(14)17-5-2/h6,8,15H,4-5,7H2,1-3H3/t8-,12+/m1/s1. The van der Waals surface area contributed by atoms with Gasteiger partial charge in [0.15, 0.2) is 0 Å². The van der Waals surface area contributed by atoms with E-state index in [9.17, 15) is 14.7 Å². The van der Waals surface area contributed by atoms with E-state index in [1.165, 1.54) is 6.08 Å². The molecule has 1 aliphatic rings. The SMILES string of the molecule is CCOC(=O)C1=C[C@@H](C)C[C@@](O)(C(=O)OCC)O1. The van der Waals surface area contributed by atoms with Crippen molar-refractivity contribution in [3.05, 3.63) is 11.8 Å². The summed E-state index contributed by atoms with van der Waals surface area (Å²) in [5.74, 6) is -4.08. The molecule has 0 aromatic rings. The van der Waals surface area contributed by atoms with Gasteiger partial charge in [-0.25, -0.2) is 9.59 Å². The predicted octanol–water partition coefficient (Wildman–Crippen LogP) is 0.742. The highest BCUT2D eigenvalue weighted by Crippen LogP contribution is 2.30. The van der Waals surface area contributed by atoms with Gasteiger partial charge in [-0.05, 0) is 25.8 Å². The molecule has 6 nitrogen and oxygen atoms in total. The van der Waals surface area contributed by atoms with Crippen LogP contribution in [0.3, 0.4) is 0 Å². The Hall–Kier alpha value is -1.56. The van der Waals surface area contributed by atoms with Crippen molar-refractivity contribution in [2.24, 2.45) is 5.92 Å². The quantitative estimate of drug-likeness (QED) is 0.749. The zero-order valence-corrected chi connectivity index (χ0v) is 10.8. The summed E-state index contributed by atoms with van der Waals surface area (Å²) in [6.45, 7) is 5.34. The Morgan fingerprint density at radius 2 is 2.06 bits per heavy atom. The molecular formula is C12H18O6. The van der Waals surface area contributed by atoms with E-state index in [4.69, 9.17) is 14.2 Å². The molecule has 6 heteroatoms. The van der Waals surface area contributed by atoms with Gasteiger partial charge in [0.25, 0.3) is 0 Å². The van der Waals surface area contributed by atoms with Crippen molar-refractivity contribution in [3.8, 4) is 0 Å². The second-order valence-corrected chi connectivity index (χ2v) is 4.04. The summed E-state index contributed by atoms with van der Waals surface area (Å²) in [6, 6.07) is 0. The summed E-state index contributed by atoms with van der Waals surface area (Å²) >= 11 is 0. The largest absolute Gasteiger partial charge is 0.461 e. The second kappa shape index (κ2) is 5.86. The van der Waals surface area contributed by atoms with Crippen molar-refractivity contribution in [3.63, 3.8) is 0 Å². The van der Waals surface area contributed by atoms with Crippen molar-refractivity contribution in [1.82, 2.24) is 0 Å². The van der Waals surface area contributed by atoms with Crippen LogP contribution < -0.4 is 0 Å². The number of ether oxygens (including phenoxy) is 3. The predicted molar refractivity (Wildman–Crippen MR) is 61.2 cm³/mol. The molecule has 0 saturated carbocycles. The Morgan fingerprint density at radius 3 is 2.61 bits per heavy atom. The van der Waals surface area contributed by atoms with Crippen LogP contribution in [-0.4, -0.2) is 36.0 Å². The van der Waals surface area contributed by atoms with Crippen molar-refractivity contribution >= 4 is 11.9 Å². The molecule has 0 aromatic heterocycles. The zero-order valence-electron chi connectivity index (χ0n) is 10.8. The Morgan fingerprint density at radius 1 is 1.44 bits per heavy atom. The Bertz CT molecular complexity index is 362. The summed E-state index contributed by atoms with van der Waals surface area (Å²) in [4.78, 5) is 23.1. The van der Waals surface area contributed by atoms with E-state index in [2.05, 4.69) is 0 Å². The smallest absolute Gasteiger partial charge is 0.379 e. The maximum absolute atomic E-state index is 11.6. The van der Waals surface area contributed by atoms with Crippen LogP contribution in [0.1, 0.15) is 27.2 Å². The average Bonchev–Trinajstić information content (AvgIpc) is 2.28. The van der Waals surface area contributed by atoms with Crippen LogP contribution in [0.25, 0.3) is 0 Å². The lowest BCUT2D eigenvalue weighted by Crippen LogP contribution is -2.46. The Labute approximate surface area is 106 Å². The van der Waals surface area contributed by atoms with Gasteiger partial charge in [-0.1, -0.05) is 6.92 Å². The fourth-order valence-corrected chi connectivity index (χ4v) is 1.69. The average molecular weight is 258 g/mol. The Balaban J connectivity index is 2.86. The molecule has 18 heavy (non-hydrogen) atoms. The van der Waals surface area contributed by atoms with Gasteiger partial charge in [0.05, 0.1) is 13.2 Å². The topological polar surface area (TPSA) is 82.1 Å². The van der Waals surface area contributed by atoms with E-state index < -0.39 is 17.7 Å². The second-order valence-electron chi connectivity index (χ2n) is 4.04. The molecule has 1 heterocycles. The first kappa shape index (κ1) is 14.5. The molecule has 0 spiro atoms. The van der Waals surface area contributed by atoms with E-state index in [1.807, 2.05) is 0 Å². The van der Waals surface area contributed by atoms with E-state index in [0.29, 0.717) is 0 Å². The summed E-state index contributed by atoms with van der Waals surface area (Å²) in [7, 11) is 0. The van der Waals surface area contributed by atoms with E-state index in [-0.39, 0.29) is 31.3 Å². The zero-order chi connectivity index (χ0) is 13.8. The van der Waals surface area contributed by atoms with Crippen LogP contribution in [0.5, 0.6) is 0 Å². The number of aliphatic hydroxyl groups is 1. The van der Waals surface area contributed by atoms with Crippen molar-refractivity contribution in [2.45, 2.75) is 33.0 Å². The lowest BCUT2D eigenvalue weighted by molar-refractivity contribution is -0.226. The van der Waals surface area contributed by atoms with Gasteiger partial charge < -0.3 is 19.3 Å². The number of hydrogen-bond acceptors (Lipinski definition) is 6. The minimum Gasteiger partial charge on any atom is -0.461 e. The molecule has 1 rings (SSSR count). The molecule has 102 valence electrons. The molecule has 0 unspecified atom stereocenters. The molecule has 0 amide bonds. The van der Waals surface area contributed by atoms with Gasteiger partial charge in [-0.3, -0.25) is 0 Å². The number of hydrogen-bond donors (Lipinski definition) is 1. The summed E-state index contributed by atoms with van der Waals surface area (Å²) in [5, 5.41) is 10.1. The highest BCUT2D eigenvalue weighted by molar-refractivity contribution is 5.88. The van der Waals surface area contributed by atoms with Gasteiger partial charge in [0.1, 0.15) is 0 Å². The third-order valence-corrected chi connectivity index (χ3v) is 2.38. The third-order valence-electron chi connectivity index (χ3n) is 2.38. The molecule has 0 bridgehead atoms. The number of esters is 2. The maximum Gasteiger partial charge on any atom is 0.379 e. The van der Waals surface area contributed by atoms with Crippen molar-refractivity contribution in [1.29, 1.82) is 0 Å². The monoisotopic (exact) mass is 258 g/mol. The molecule has 0 saturated heterocycles. The minimum atomic E-state index is -2.12. The number of carbonyl (C=O) groups excluding carboxylic acids is 2. The summed E-state index contributed by atoms with van der Waals surface area (Å²) in [5.41, 5.74) is 0. The lowest BCUT2D eigenvalue weighted by atomic mass is 9.97. The van der Waals surface area contributed by atoms with Crippen molar-refractivity contribution in [2.75, 3.05) is 13.2 Å². The third kappa shape index (κ3) is 3.22. The lowest BCUT2D eigenvalue weighted by Gasteiger charge is -2.32. The first-order valence-corrected chi connectivity index (χ1v) is 5.90. The first-order valence-electron chi connectivity index (χ1n) is 5.90. The molecule has 0 radical (unpaired) electrons. The van der Waals surface area contributed by atoms with Crippen LogP contribution in [-0.2, 0) is 23.8 Å². The maximum atomic E-state index is 11.6. The van der Waals surface area contributed by atoms with Gasteiger partial charge in [-0.2, -0.15) is 0 Å². The molecule has 1 N–H and O–H groups in total. The van der Waals surface area contributed by atoms with E-state index in [0.717, 1.165) is 0 Å². The highest BCUT2D eigenvalue weighted by atomic mass is 16.7. The summed E-state index contributed by atoms with van der Waals surface area (Å²) in [6.07, 6.45) is 1.56. The number of carbonyl (C=O) groups is 2. The summed E-state index contributed by atoms with van der Waals surface area (Å²) < 4.78 is 14.5. The number of rotatable bonds is 4. The molecular weight excluding hydrogens is 240 g/mol. The van der Waals surface area contributed by atoms with Crippen molar-refractivity contribution < 1.29 is 28.9 Å². The van der Waals surface area contributed by atoms with Gasteiger partial charge >= 0.3 is 17.7 Å². The van der Waals surface area contributed by atoms with Gasteiger partial charge in [-0.15, -0.1) is 0 Å². The van der Waals surface area contributed by atoms with Crippen LogP contribution in [0.15, 0.2) is 11.8 Å². The molecule has 0 aliphatic carbocycles. The van der Waals surface area contributed by atoms with Gasteiger partial charge in [0.2, 0.25) is 5.76 Å². The minimum absolute atomic E-state index is 0.0364. The number of allylic oxidation sites excluding steroid dienone is 1. The molecule has 0 fully saturated rings. The normalized spacial score (nSPS) is 26.9. The Kier molecular flexibility index (Phi) is 4.72. The molecule has 0 aromatic carbocycles.